The number of aromatic amines is 1. The molecule has 0 aliphatic carbocycles. The van der Waals surface area contributed by atoms with Crippen LogP contribution in [0.2, 0.25) is 0 Å². The third-order valence-electron chi connectivity index (χ3n) is 2.69. The molecule has 76 valence electrons. The molecule has 4 heteroatoms. The highest BCUT2D eigenvalue weighted by atomic mass is 16.3. The van der Waals surface area contributed by atoms with Crippen molar-refractivity contribution in [1.82, 2.24) is 10.3 Å². The lowest BCUT2D eigenvalue weighted by Crippen LogP contribution is -2.34. The van der Waals surface area contributed by atoms with Crippen molar-refractivity contribution in [2.24, 2.45) is 0 Å². The molecule has 0 radical (unpaired) electrons. The Morgan fingerprint density at radius 2 is 2.29 bits per heavy atom. The summed E-state index contributed by atoms with van der Waals surface area (Å²) < 4.78 is 0. The average Bonchev–Trinajstić information content (AvgIpc) is 2.52. The first-order valence-electron chi connectivity index (χ1n) is 4.75. The Balaban J connectivity index is 2.46. The summed E-state index contributed by atoms with van der Waals surface area (Å²) in [6.07, 6.45) is 0.596. The van der Waals surface area contributed by atoms with E-state index in [9.17, 15) is 9.90 Å². The predicted octanol–water partition coefficient (Wildman–Crippen LogP) is -0.136. The maximum absolute atomic E-state index is 11.6. The van der Waals surface area contributed by atoms with E-state index in [0.29, 0.717) is 18.5 Å². The van der Waals surface area contributed by atoms with E-state index in [-0.39, 0.29) is 5.56 Å². The Morgan fingerprint density at radius 1 is 1.50 bits per heavy atom. The molecule has 1 fully saturated rings. The van der Waals surface area contributed by atoms with E-state index in [1.54, 1.807) is 6.07 Å². The van der Waals surface area contributed by atoms with Crippen molar-refractivity contribution in [2.45, 2.75) is 18.9 Å². The van der Waals surface area contributed by atoms with Gasteiger partial charge in [-0.3, -0.25) is 4.79 Å². The van der Waals surface area contributed by atoms with Gasteiger partial charge in [-0.15, -0.1) is 0 Å². The first-order chi connectivity index (χ1) is 6.62. The Bertz CT molecular complexity index is 391. The molecule has 1 aromatic heterocycles. The van der Waals surface area contributed by atoms with Gasteiger partial charge in [0.25, 0.3) is 5.56 Å². The number of H-pyrrole nitrogens is 1. The van der Waals surface area contributed by atoms with Crippen molar-refractivity contribution in [3.05, 3.63) is 33.7 Å². The largest absolute Gasteiger partial charge is 0.384 e. The number of hydrogen-bond donors (Lipinski definition) is 3. The number of β-amino-alcohol motifs (C(OH)–C–C–N with tert-alkyl or cyclic N) is 1. The molecule has 1 atom stereocenters. The monoisotopic (exact) mass is 194 g/mol. The Hall–Kier alpha value is -1.13. The SMILES string of the molecule is Cc1ccc(C2(O)CCNC2)c(=O)[nH]1. The van der Waals surface area contributed by atoms with Gasteiger partial charge in [0.05, 0.1) is 5.56 Å². The zero-order valence-corrected chi connectivity index (χ0v) is 8.13. The second-order valence-corrected chi connectivity index (χ2v) is 3.84. The third kappa shape index (κ3) is 1.47. The van der Waals surface area contributed by atoms with Crippen molar-refractivity contribution >= 4 is 0 Å². The fraction of sp³-hybridized carbons (Fsp3) is 0.500. The summed E-state index contributed by atoms with van der Waals surface area (Å²) in [5.41, 5.74) is 0.110. The lowest BCUT2D eigenvalue weighted by atomic mass is 9.94. The van der Waals surface area contributed by atoms with Crippen LogP contribution in [0.25, 0.3) is 0 Å². The first-order valence-corrected chi connectivity index (χ1v) is 4.75. The lowest BCUT2D eigenvalue weighted by Gasteiger charge is -2.20. The fourth-order valence-corrected chi connectivity index (χ4v) is 1.85. The van der Waals surface area contributed by atoms with E-state index in [4.69, 9.17) is 0 Å². The van der Waals surface area contributed by atoms with Crippen LogP contribution in [0, 0.1) is 6.92 Å². The summed E-state index contributed by atoms with van der Waals surface area (Å²) in [4.78, 5) is 14.3. The van der Waals surface area contributed by atoms with E-state index in [1.807, 2.05) is 13.0 Å². The van der Waals surface area contributed by atoms with Gasteiger partial charge >= 0.3 is 0 Å². The van der Waals surface area contributed by atoms with Crippen LogP contribution in [0.4, 0.5) is 0 Å². The summed E-state index contributed by atoms with van der Waals surface area (Å²) in [5, 5.41) is 13.2. The molecule has 0 saturated carbocycles. The summed E-state index contributed by atoms with van der Waals surface area (Å²) in [6, 6.07) is 3.52. The molecule has 3 N–H and O–H groups in total. The van der Waals surface area contributed by atoms with E-state index >= 15 is 0 Å². The molecule has 1 unspecified atom stereocenters. The summed E-state index contributed by atoms with van der Waals surface area (Å²) in [5.74, 6) is 0. The quantitative estimate of drug-likeness (QED) is 0.583. The van der Waals surface area contributed by atoms with Gasteiger partial charge in [0.1, 0.15) is 5.60 Å². The van der Waals surface area contributed by atoms with Gasteiger partial charge in [0.15, 0.2) is 0 Å². The van der Waals surface area contributed by atoms with E-state index in [2.05, 4.69) is 10.3 Å². The summed E-state index contributed by atoms with van der Waals surface area (Å²) in [6.45, 7) is 3.03. The smallest absolute Gasteiger partial charge is 0.254 e. The number of rotatable bonds is 1. The molecule has 1 aliphatic heterocycles. The molecule has 0 spiro atoms. The maximum atomic E-state index is 11.6. The second-order valence-electron chi connectivity index (χ2n) is 3.84. The number of hydrogen-bond acceptors (Lipinski definition) is 3. The van der Waals surface area contributed by atoms with Gasteiger partial charge in [0.2, 0.25) is 0 Å². The van der Waals surface area contributed by atoms with Crippen LogP contribution in [0.3, 0.4) is 0 Å². The average molecular weight is 194 g/mol. The Labute approximate surface area is 82.0 Å². The Kier molecular flexibility index (Phi) is 2.17. The van der Waals surface area contributed by atoms with Gasteiger partial charge in [-0.2, -0.15) is 0 Å². The molecule has 1 aromatic rings. The molecular formula is C10H14N2O2. The number of nitrogens with one attached hydrogen (secondary N) is 2. The van der Waals surface area contributed by atoms with E-state index in [0.717, 1.165) is 12.2 Å². The van der Waals surface area contributed by atoms with Crippen molar-refractivity contribution in [1.29, 1.82) is 0 Å². The third-order valence-corrected chi connectivity index (χ3v) is 2.69. The maximum Gasteiger partial charge on any atom is 0.254 e. The van der Waals surface area contributed by atoms with Gasteiger partial charge in [-0.1, -0.05) is 0 Å². The zero-order chi connectivity index (χ0) is 10.2. The van der Waals surface area contributed by atoms with Crippen LogP contribution in [0.15, 0.2) is 16.9 Å². The van der Waals surface area contributed by atoms with Crippen molar-refractivity contribution in [3.63, 3.8) is 0 Å². The van der Waals surface area contributed by atoms with Crippen molar-refractivity contribution in [3.8, 4) is 0 Å². The van der Waals surface area contributed by atoms with Crippen LogP contribution in [-0.4, -0.2) is 23.2 Å². The highest BCUT2D eigenvalue weighted by molar-refractivity contribution is 5.22. The van der Waals surface area contributed by atoms with Crippen LogP contribution < -0.4 is 10.9 Å². The normalized spacial score (nSPS) is 26.7. The molecular weight excluding hydrogens is 180 g/mol. The molecule has 14 heavy (non-hydrogen) atoms. The Morgan fingerprint density at radius 3 is 2.86 bits per heavy atom. The second kappa shape index (κ2) is 3.22. The van der Waals surface area contributed by atoms with Gasteiger partial charge < -0.3 is 15.4 Å². The van der Waals surface area contributed by atoms with Crippen molar-refractivity contribution < 1.29 is 5.11 Å². The number of pyridine rings is 1. The minimum Gasteiger partial charge on any atom is -0.384 e. The van der Waals surface area contributed by atoms with Crippen LogP contribution in [0.5, 0.6) is 0 Å². The van der Waals surface area contributed by atoms with Gasteiger partial charge in [-0.25, -0.2) is 0 Å². The molecule has 0 amide bonds. The molecule has 1 saturated heterocycles. The van der Waals surface area contributed by atoms with Gasteiger partial charge in [-0.05, 0) is 32.0 Å². The first kappa shape index (κ1) is 9.43. The number of aromatic nitrogens is 1. The van der Waals surface area contributed by atoms with Crippen molar-refractivity contribution in [2.75, 3.05) is 13.1 Å². The molecule has 4 nitrogen and oxygen atoms in total. The number of aryl methyl sites for hydroxylation is 1. The van der Waals surface area contributed by atoms with Crippen LogP contribution in [0.1, 0.15) is 17.7 Å². The highest BCUT2D eigenvalue weighted by Crippen LogP contribution is 2.24. The van der Waals surface area contributed by atoms with E-state index in [1.165, 1.54) is 0 Å². The topological polar surface area (TPSA) is 65.1 Å². The van der Waals surface area contributed by atoms with Crippen LogP contribution >= 0.6 is 0 Å². The highest BCUT2D eigenvalue weighted by Gasteiger charge is 2.35. The molecule has 1 aliphatic rings. The molecule has 2 rings (SSSR count). The predicted molar refractivity (Wildman–Crippen MR) is 53.2 cm³/mol. The lowest BCUT2D eigenvalue weighted by molar-refractivity contribution is 0.0572. The molecule has 0 bridgehead atoms. The van der Waals surface area contributed by atoms with Crippen LogP contribution in [-0.2, 0) is 5.60 Å². The van der Waals surface area contributed by atoms with Gasteiger partial charge in [0, 0.05) is 12.2 Å². The zero-order valence-electron chi connectivity index (χ0n) is 8.13. The minimum absolute atomic E-state index is 0.184. The number of aliphatic hydroxyl groups is 1. The standard InChI is InChI=1S/C10H14N2O2/c1-7-2-3-8(9(13)12-7)10(14)4-5-11-6-10/h2-3,11,14H,4-6H2,1H3,(H,12,13). The summed E-state index contributed by atoms with van der Waals surface area (Å²) >= 11 is 0. The van der Waals surface area contributed by atoms with E-state index < -0.39 is 5.60 Å². The fourth-order valence-electron chi connectivity index (χ4n) is 1.85. The minimum atomic E-state index is -0.985. The molecule has 0 aromatic carbocycles. The summed E-state index contributed by atoms with van der Waals surface area (Å²) in [7, 11) is 0. The molecule has 2 heterocycles.